The number of rotatable bonds is 4. The summed E-state index contributed by atoms with van der Waals surface area (Å²) in [5, 5.41) is 8.57. The van der Waals surface area contributed by atoms with Gasteiger partial charge in [-0.25, -0.2) is 0 Å². The standard InChI is InChI=1S/C14H18O3/c15-7-8-17-14(16)10-11-5-6-12-3-1-2-4-13(12)9-11/h1-4,11,15H,5-10H2. The van der Waals surface area contributed by atoms with Crippen LogP contribution in [-0.2, 0) is 22.4 Å². The Hall–Kier alpha value is -1.35. The Bertz CT molecular complexity index is 387. The normalized spacial score (nSPS) is 18.5. The SMILES string of the molecule is O=C(CC1CCc2ccccc2C1)OCCO. The Morgan fingerprint density at radius 2 is 2.12 bits per heavy atom. The predicted molar refractivity (Wildman–Crippen MR) is 64.6 cm³/mol. The minimum Gasteiger partial charge on any atom is -0.463 e. The van der Waals surface area contributed by atoms with Crippen LogP contribution in [0, 0.1) is 5.92 Å². The Morgan fingerprint density at radius 3 is 2.88 bits per heavy atom. The number of fused-ring (bicyclic) bond motifs is 1. The first kappa shape index (κ1) is 12.1. The largest absolute Gasteiger partial charge is 0.463 e. The van der Waals surface area contributed by atoms with Crippen LogP contribution in [0.3, 0.4) is 0 Å². The third-order valence-corrected chi connectivity index (χ3v) is 3.26. The van der Waals surface area contributed by atoms with E-state index in [0.29, 0.717) is 12.3 Å². The smallest absolute Gasteiger partial charge is 0.306 e. The molecule has 1 aliphatic rings. The number of hydrogen-bond acceptors (Lipinski definition) is 3. The second kappa shape index (κ2) is 5.82. The summed E-state index contributed by atoms with van der Waals surface area (Å²) in [4.78, 5) is 11.4. The third-order valence-electron chi connectivity index (χ3n) is 3.26. The predicted octanol–water partition coefficient (Wildman–Crippen LogP) is 1.72. The van der Waals surface area contributed by atoms with Gasteiger partial charge in [-0.2, -0.15) is 0 Å². The molecule has 1 atom stereocenters. The third kappa shape index (κ3) is 3.30. The number of aliphatic hydroxyl groups is 1. The summed E-state index contributed by atoms with van der Waals surface area (Å²) < 4.78 is 4.89. The monoisotopic (exact) mass is 234 g/mol. The maximum Gasteiger partial charge on any atom is 0.306 e. The summed E-state index contributed by atoms with van der Waals surface area (Å²) >= 11 is 0. The zero-order valence-corrected chi connectivity index (χ0v) is 9.89. The number of aliphatic hydroxyl groups excluding tert-OH is 1. The van der Waals surface area contributed by atoms with Gasteiger partial charge in [0.05, 0.1) is 6.61 Å². The molecule has 0 saturated heterocycles. The number of carbonyl (C=O) groups is 1. The molecule has 3 nitrogen and oxygen atoms in total. The average molecular weight is 234 g/mol. The zero-order valence-electron chi connectivity index (χ0n) is 9.89. The maximum atomic E-state index is 11.4. The molecule has 1 N–H and O–H groups in total. The highest BCUT2D eigenvalue weighted by Crippen LogP contribution is 2.27. The number of aryl methyl sites for hydroxylation is 1. The fourth-order valence-corrected chi connectivity index (χ4v) is 2.40. The van der Waals surface area contributed by atoms with E-state index in [1.54, 1.807) is 0 Å². The van der Waals surface area contributed by atoms with Gasteiger partial charge in [-0.15, -0.1) is 0 Å². The van der Waals surface area contributed by atoms with Crippen LogP contribution in [0.4, 0.5) is 0 Å². The van der Waals surface area contributed by atoms with Gasteiger partial charge >= 0.3 is 5.97 Å². The van der Waals surface area contributed by atoms with Gasteiger partial charge in [-0.3, -0.25) is 4.79 Å². The number of carbonyl (C=O) groups excluding carboxylic acids is 1. The Morgan fingerprint density at radius 1 is 1.35 bits per heavy atom. The number of esters is 1. The van der Waals surface area contributed by atoms with Crippen molar-refractivity contribution < 1.29 is 14.6 Å². The molecule has 0 aliphatic heterocycles. The van der Waals surface area contributed by atoms with Crippen LogP contribution in [0.5, 0.6) is 0 Å². The highest BCUT2D eigenvalue weighted by atomic mass is 16.5. The van der Waals surface area contributed by atoms with E-state index in [2.05, 4.69) is 18.2 Å². The molecule has 3 heteroatoms. The average Bonchev–Trinajstić information content (AvgIpc) is 2.36. The van der Waals surface area contributed by atoms with Crippen LogP contribution in [0.1, 0.15) is 24.0 Å². The number of benzene rings is 1. The van der Waals surface area contributed by atoms with Crippen molar-refractivity contribution in [3.8, 4) is 0 Å². The van der Waals surface area contributed by atoms with Gasteiger partial charge in [0, 0.05) is 6.42 Å². The Balaban J connectivity index is 1.88. The molecule has 92 valence electrons. The van der Waals surface area contributed by atoms with Crippen LogP contribution in [0.15, 0.2) is 24.3 Å². The minimum atomic E-state index is -0.191. The number of ether oxygens (including phenoxy) is 1. The van der Waals surface area contributed by atoms with Crippen LogP contribution < -0.4 is 0 Å². The van der Waals surface area contributed by atoms with E-state index in [1.165, 1.54) is 11.1 Å². The molecule has 0 radical (unpaired) electrons. The van der Waals surface area contributed by atoms with E-state index >= 15 is 0 Å². The fraction of sp³-hybridized carbons (Fsp3) is 0.500. The molecule has 1 aromatic carbocycles. The lowest BCUT2D eigenvalue weighted by molar-refractivity contribution is -0.145. The molecule has 0 heterocycles. The van der Waals surface area contributed by atoms with Crippen molar-refractivity contribution in [3.63, 3.8) is 0 Å². The molecule has 17 heavy (non-hydrogen) atoms. The van der Waals surface area contributed by atoms with Gasteiger partial charge in [0.15, 0.2) is 0 Å². The van der Waals surface area contributed by atoms with Crippen molar-refractivity contribution in [2.45, 2.75) is 25.7 Å². The quantitative estimate of drug-likeness (QED) is 0.807. The van der Waals surface area contributed by atoms with Crippen molar-refractivity contribution in [1.29, 1.82) is 0 Å². The van der Waals surface area contributed by atoms with Crippen molar-refractivity contribution in [1.82, 2.24) is 0 Å². The highest BCUT2D eigenvalue weighted by Gasteiger charge is 2.21. The number of hydrogen-bond donors (Lipinski definition) is 1. The highest BCUT2D eigenvalue weighted by molar-refractivity contribution is 5.69. The van der Waals surface area contributed by atoms with Crippen molar-refractivity contribution >= 4 is 5.97 Å². The van der Waals surface area contributed by atoms with Crippen LogP contribution in [0.2, 0.25) is 0 Å². The van der Waals surface area contributed by atoms with Gasteiger partial charge in [0.2, 0.25) is 0 Å². The second-order valence-corrected chi connectivity index (χ2v) is 4.53. The summed E-state index contributed by atoms with van der Waals surface area (Å²) in [5.74, 6) is 0.194. The molecule has 1 aromatic rings. The van der Waals surface area contributed by atoms with Crippen LogP contribution in [-0.4, -0.2) is 24.3 Å². The van der Waals surface area contributed by atoms with Crippen molar-refractivity contribution in [2.75, 3.05) is 13.2 Å². The molecule has 0 saturated carbocycles. The first-order valence-corrected chi connectivity index (χ1v) is 6.13. The molecule has 0 fully saturated rings. The lowest BCUT2D eigenvalue weighted by Gasteiger charge is -2.23. The van der Waals surface area contributed by atoms with E-state index in [9.17, 15) is 4.79 Å². The second-order valence-electron chi connectivity index (χ2n) is 4.53. The Labute approximate surface area is 101 Å². The van der Waals surface area contributed by atoms with Crippen molar-refractivity contribution in [3.05, 3.63) is 35.4 Å². The van der Waals surface area contributed by atoms with Gasteiger partial charge in [-0.05, 0) is 36.3 Å². The van der Waals surface area contributed by atoms with Gasteiger partial charge < -0.3 is 9.84 Å². The van der Waals surface area contributed by atoms with E-state index in [0.717, 1.165) is 19.3 Å². The van der Waals surface area contributed by atoms with Gasteiger partial charge in [-0.1, -0.05) is 24.3 Å². The zero-order chi connectivity index (χ0) is 12.1. The van der Waals surface area contributed by atoms with Crippen molar-refractivity contribution in [2.24, 2.45) is 5.92 Å². The minimum absolute atomic E-state index is 0.0980. The molecule has 0 aromatic heterocycles. The summed E-state index contributed by atoms with van der Waals surface area (Å²) in [7, 11) is 0. The fourth-order valence-electron chi connectivity index (χ4n) is 2.40. The Kier molecular flexibility index (Phi) is 4.15. The topological polar surface area (TPSA) is 46.5 Å². The van der Waals surface area contributed by atoms with Gasteiger partial charge in [0.1, 0.15) is 6.61 Å². The lowest BCUT2D eigenvalue weighted by Crippen LogP contribution is -2.19. The summed E-state index contributed by atoms with van der Waals surface area (Å²) in [6.45, 7) is 0.0153. The molecule has 0 bridgehead atoms. The summed E-state index contributed by atoms with van der Waals surface area (Å²) in [6.07, 6.45) is 3.53. The first-order chi connectivity index (χ1) is 8.29. The molecular formula is C14H18O3. The van der Waals surface area contributed by atoms with Gasteiger partial charge in [0.25, 0.3) is 0 Å². The molecule has 0 amide bonds. The molecule has 1 unspecified atom stereocenters. The molecule has 0 spiro atoms. The van der Waals surface area contributed by atoms with Crippen LogP contribution >= 0.6 is 0 Å². The lowest BCUT2D eigenvalue weighted by atomic mass is 9.82. The van der Waals surface area contributed by atoms with E-state index in [4.69, 9.17) is 9.84 Å². The summed E-state index contributed by atoms with van der Waals surface area (Å²) in [5.41, 5.74) is 2.77. The van der Waals surface area contributed by atoms with E-state index in [1.807, 2.05) is 6.07 Å². The molecule has 2 rings (SSSR count). The first-order valence-electron chi connectivity index (χ1n) is 6.13. The maximum absolute atomic E-state index is 11.4. The van der Waals surface area contributed by atoms with E-state index in [-0.39, 0.29) is 19.2 Å². The van der Waals surface area contributed by atoms with Crippen LogP contribution in [0.25, 0.3) is 0 Å². The van der Waals surface area contributed by atoms with E-state index < -0.39 is 0 Å². The summed E-state index contributed by atoms with van der Waals surface area (Å²) in [6, 6.07) is 8.41. The molecular weight excluding hydrogens is 216 g/mol. The molecule has 1 aliphatic carbocycles.